The number of aromatic nitrogens is 1. The number of nitrogens with zero attached hydrogens (tertiary/aromatic N) is 2. The Balaban J connectivity index is 1.55. The Hall–Kier alpha value is -1.43. The fraction of sp³-hybridized carbons (Fsp3) is 0.471. The summed E-state index contributed by atoms with van der Waals surface area (Å²) in [7, 11) is 4.11. The summed E-state index contributed by atoms with van der Waals surface area (Å²) in [5.41, 5.74) is 2.44. The molecule has 1 aromatic carbocycles. The lowest BCUT2D eigenvalue weighted by molar-refractivity contribution is 0.110. The molecular weight excluding hydrogens is 294 g/mol. The van der Waals surface area contributed by atoms with Gasteiger partial charge in [-0.1, -0.05) is 12.1 Å². The predicted octanol–water partition coefficient (Wildman–Crippen LogP) is 3.14. The van der Waals surface area contributed by atoms with Crippen LogP contribution in [0.15, 0.2) is 30.5 Å². The Morgan fingerprint density at radius 2 is 2.14 bits per heavy atom. The summed E-state index contributed by atoms with van der Waals surface area (Å²) < 4.78 is 5.61. The molecule has 4 nitrogen and oxygen atoms in total. The van der Waals surface area contributed by atoms with Crippen molar-refractivity contribution in [1.82, 2.24) is 10.3 Å². The molecule has 0 radical (unpaired) electrons. The van der Waals surface area contributed by atoms with E-state index in [0.717, 1.165) is 24.7 Å². The maximum absolute atomic E-state index is 5.61. The second-order valence-corrected chi connectivity index (χ2v) is 6.94. The quantitative estimate of drug-likeness (QED) is 0.888. The molecule has 0 saturated carbocycles. The van der Waals surface area contributed by atoms with Gasteiger partial charge in [-0.2, -0.15) is 0 Å². The van der Waals surface area contributed by atoms with Crippen molar-refractivity contribution in [3.8, 4) is 10.4 Å². The molecule has 1 aromatic heterocycles. The monoisotopic (exact) mass is 317 g/mol. The van der Waals surface area contributed by atoms with Gasteiger partial charge in [0.05, 0.1) is 11.0 Å². The highest BCUT2D eigenvalue weighted by Crippen LogP contribution is 2.27. The maximum Gasteiger partial charge on any atom is 0.107 e. The predicted molar refractivity (Wildman–Crippen MR) is 92.6 cm³/mol. The summed E-state index contributed by atoms with van der Waals surface area (Å²) in [6.07, 6.45) is 4.72. The number of ether oxygens (including phenoxy) is 1. The van der Waals surface area contributed by atoms with Crippen molar-refractivity contribution in [2.45, 2.75) is 25.5 Å². The minimum absolute atomic E-state index is 0.387. The van der Waals surface area contributed by atoms with Crippen molar-refractivity contribution < 1.29 is 4.74 Å². The smallest absolute Gasteiger partial charge is 0.107 e. The van der Waals surface area contributed by atoms with Crippen molar-refractivity contribution in [1.29, 1.82) is 0 Å². The molecule has 1 aliphatic rings. The topological polar surface area (TPSA) is 37.4 Å². The number of thiazole rings is 1. The van der Waals surface area contributed by atoms with Gasteiger partial charge in [0.1, 0.15) is 5.01 Å². The lowest BCUT2D eigenvalue weighted by Crippen LogP contribution is -2.25. The van der Waals surface area contributed by atoms with Crippen LogP contribution in [0.5, 0.6) is 0 Å². The van der Waals surface area contributed by atoms with Crippen LogP contribution in [-0.2, 0) is 11.3 Å². The third-order valence-corrected chi connectivity index (χ3v) is 4.94. The first-order chi connectivity index (χ1) is 10.7. The summed E-state index contributed by atoms with van der Waals surface area (Å²) in [5, 5.41) is 4.58. The van der Waals surface area contributed by atoms with Crippen LogP contribution < -0.4 is 10.2 Å². The fourth-order valence-corrected chi connectivity index (χ4v) is 3.49. The molecule has 0 spiro atoms. The third-order valence-electron chi connectivity index (χ3n) is 3.89. The van der Waals surface area contributed by atoms with Crippen molar-refractivity contribution in [2.75, 3.05) is 32.1 Å². The summed E-state index contributed by atoms with van der Waals surface area (Å²) >= 11 is 1.75. The van der Waals surface area contributed by atoms with Gasteiger partial charge in [-0.05, 0) is 30.5 Å². The SMILES string of the molecule is CN(C)c1ccc(-c2cnc(CNCC3CCCO3)s2)cc1. The summed E-state index contributed by atoms with van der Waals surface area (Å²) in [4.78, 5) is 7.85. The van der Waals surface area contributed by atoms with E-state index in [0.29, 0.717) is 6.10 Å². The average molecular weight is 317 g/mol. The molecule has 0 bridgehead atoms. The van der Waals surface area contributed by atoms with Crippen LogP contribution in [-0.4, -0.2) is 38.3 Å². The highest BCUT2D eigenvalue weighted by Gasteiger charge is 2.14. The molecule has 5 heteroatoms. The first-order valence-corrected chi connectivity index (χ1v) is 8.59. The van der Waals surface area contributed by atoms with Crippen molar-refractivity contribution in [3.05, 3.63) is 35.5 Å². The van der Waals surface area contributed by atoms with Crippen molar-refractivity contribution >= 4 is 17.0 Å². The van der Waals surface area contributed by atoms with Crippen LogP contribution in [0.4, 0.5) is 5.69 Å². The highest BCUT2D eigenvalue weighted by molar-refractivity contribution is 7.15. The molecule has 2 aromatic rings. The van der Waals surface area contributed by atoms with E-state index in [1.807, 2.05) is 6.20 Å². The van der Waals surface area contributed by atoms with Gasteiger partial charge in [0.2, 0.25) is 0 Å². The molecule has 1 saturated heterocycles. The first-order valence-electron chi connectivity index (χ1n) is 7.77. The molecule has 118 valence electrons. The Labute approximate surface area is 136 Å². The normalized spacial score (nSPS) is 17.8. The lowest BCUT2D eigenvalue weighted by atomic mass is 10.2. The molecule has 1 unspecified atom stereocenters. The van der Waals surface area contributed by atoms with Crippen LogP contribution in [0.25, 0.3) is 10.4 Å². The molecule has 0 aliphatic carbocycles. The van der Waals surface area contributed by atoms with Gasteiger partial charge in [-0.3, -0.25) is 0 Å². The molecule has 22 heavy (non-hydrogen) atoms. The van der Waals surface area contributed by atoms with Gasteiger partial charge < -0.3 is 15.0 Å². The summed E-state index contributed by atoms with van der Waals surface area (Å²) in [5.74, 6) is 0. The Bertz CT molecular complexity index is 588. The maximum atomic E-state index is 5.61. The van der Waals surface area contributed by atoms with Crippen LogP contribution in [0.3, 0.4) is 0 Å². The third kappa shape index (κ3) is 3.85. The van der Waals surface area contributed by atoms with Crippen LogP contribution in [0.2, 0.25) is 0 Å². The number of benzene rings is 1. The molecule has 1 N–H and O–H groups in total. The number of nitrogens with one attached hydrogen (secondary N) is 1. The van der Waals surface area contributed by atoms with Gasteiger partial charge in [-0.15, -0.1) is 11.3 Å². The second-order valence-electron chi connectivity index (χ2n) is 5.83. The van der Waals surface area contributed by atoms with E-state index >= 15 is 0 Å². The molecule has 1 fully saturated rings. The second kappa shape index (κ2) is 7.22. The van der Waals surface area contributed by atoms with E-state index < -0.39 is 0 Å². The van der Waals surface area contributed by atoms with Crippen LogP contribution in [0, 0.1) is 0 Å². The fourth-order valence-electron chi connectivity index (χ4n) is 2.59. The zero-order valence-corrected chi connectivity index (χ0v) is 14.0. The zero-order valence-electron chi connectivity index (χ0n) is 13.2. The molecule has 0 amide bonds. The highest BCUT2D eigenvalue weighted by atomic mass is 32.1. The van der Waals surface area contributed by atoms with E-state index in [2.05, 4.69) is 53.6 Å². The van der Waals surface area contributed by atoms with E-state index in [-0.39, 0.29) is 0 Å². The lowest BCUT2D eigenvalue weighted by Gasteiger charge is -2.12. The van der Waals surface area contributed by atoms with Gasteiger partial charge in [0, 0.05) is 45.7 Å². The van der Waals surface area contributed by atoms with Crippen molar-refractivity contribution in [3.63, 3.8) is 0 Å². The summed E-state index contributed by atoms with van der Waals surface area (Å²) in [6.45, 7) is 2.66. The standard InChI is InChI=1S/C17H23N3OS/c1-20(2)14-7-5-13(6-8-14)16-11-19-17(22-16)12-18-10-15-4-3-9-21-15/h5-8,11,15,18H,3-4,9-10,12H2,1-2H3. The van der Waals surface area contributed by atoms with Gasteiger partial charge in [0.25, 0.3) is 0 Å². The number of rotatable bonds is 6. The molecular formula is C17H23N3OS. The number of hydrogen-bond donors (Lipinski definition) is 1. The largest absolute Gasteiger partial charge is 0.378 e. The first kappa shape index (κ1) is 15.5. The van der Waals surface area contributed by atoms with E-state index in [4.69, 9.17) is 4.74 Å². The minimum Gasteiger partial charge on any atom is -0.378 e. The summed E-state index contributed by atoms with van der Waals surface area (Å²) in [6, 6.07) is 8.60. The Morgan fingerprint density at radius 1 is 1.32 bits per heavy atom. The van der Waals surface area contributed by atoms with Gasteiger partial charge >= 0.3 is 0 Å². The van der Waals surface area contributed by atoms with Crippen LogP contribution in [0.1, 0.15) is 17.8 Å². The molecule has 1 atom stereocenters. The minimum atomic E-state index is 0.387. The Kier molecular flexibility index (Phi) is 5.08. The Morgan fingerprint density at radius 3 is 2.82 bits per heavy atom. The average Bonchev–Trinajstić information content (AvgIpc) is 3.19. The molecule has 3 rings (SSSR count). The van der Waals surface area contributed by atoms with Gasteiger partial charge in [0.15, 0.2) is 0 Å². The van der Waals surface area contributed by atoms with E-state index in [1.165, 1.54) is 29.0 Å². The number of hydrogen-bond acceptors (Lipinski definition) is 5. The van der Waals surface area contributed by atoms with E-state index in [9.17, 15) is 0 Å². The zero-order chi connectivity index (χ0) is 15.4. The number of anilines is 1. The van der Waals surface area contributed by atoms with Crippen molar-refractivity contribution in [2.24, 2.45) is 0 Å². The van der Waals surface area contributed by atoms with E-state index in [1.54, 1.807) is 11.3 Å². The molecule has 2 heterocycles. The molecule has 1 aliphatic heterocycles. The van der Waals surface area contributed by atoms with Crippen LogP contribution >= 0.6 is 11.3 Å². The van der Waals surface area contributed by atoms with Gasteiger partial charge in [-0.25, -0.2) is 4.98 Å².